The van der Waals surface area contributed by atoms with Gasteiger partial charge in [-0.2, -0.15) is 0 Å². The zero-order chi connectivity index (χ0) is 13.9. The molecular weight excluding hydrogens is 250 g/mol. The molecule has 2 N–H and O–H groups in total. The highest BCUT2D eigenvalue weighted by Gasteiger charge is 2.05. The van der Waals surface area contributed by atoms with Crippen LogP contribution in [0, 0.1) is 0 Å². The van der Waals surface area contributed by atoms with E-state index in [1.54, 1.807) is 36.5 Å². The number of nitrogens with zero attached hydrogens (tertiary/aromatic N) is 1. The fourth-order valence-electron chi connectivity index (χ4n) is 2.12. The topological polar surface area (TPSA) is 52.8 Å². The summed E-state index contributed by atoms with van der Waals surface area (Å²) in [6.45, 7) is 0. The van der Waals surface area contributed by atoms with Gasteiger partial charge in [0.15, 0.2) is 0 Å². The summed E-state index contributed by atoms with van der Waals surface area (Å²) >= 11 is 0. The second-order valence-electron chi connectivity index (χ2n) is 4.50. The molecule has 0 aliphatic rings. The number of benzene rings is 3. The van der Waals surface area contributed by atoms with E-state index in [0.29, 0.717) is 5.56 Å². The van der Waals surface area contributed by atoms with E-state index in [-0.39, 0.29) is 11.5 Å². The molecule has 0 heterocycles. The van der Waals surface area contributed by atoms with Crippen LogP contribution in [-0.2, 0) is 0 Å². The first kappa shape index (κ1) is 12.2. The van der Waals surface area contributed by atoms with Gasteiger partial charge in [0.1, 0.15) is 11.5 Å². The summed E-state index contributed by atoms with van der Waals surface area (Å²) in [4.78, 5) is 4.36. The number of phenols is 2. The van der Waals surface area contributed by atoms with E-state index < -0.39 is 0 Å². The molecule has 3 nitrogen and oxygen atoms in total. The van der Waals surface area contributed by atoms with Crippen molar-refractivity contribution in [2.75, 3.05) is 0 Å². The third kappa shape index (κ3) is 2.34. The average molecular weight is 263 g/mol. The molecule has 3 rings (SSSR count). The molecule has 0 unspecified atom stereocenters. The minimum atomic E-state index is 0.169. The summed E-state index contributed by atoms with van der Waals surface area (Å²) < 4.78 is 0. The summed E-state index contributed by atoms with van der Waals surface area (Å²) in [6, 6.07) is 17.9. The third-order valence-electron chi connectivity index (χ3n) is 3.12. The number of fused-ring (bicyclic) bond motifs is 1. The SMILES string of the molecule is Oc1ccc2c(/C=N/c3ccccc3)c(O)ccc2c1. The van der Waals surface area contributed by atoms with Crippen molar-refractivity contribution >= 4 is 22.7 Å². The first-order chi connectivity index (χ1) is 9.74. The number of aliphatic imine (C=N–C) groups is 1. The number of hydrogen-bond acceptors (Lipinski definition) is 3. The van der Waals surface area contributed by atoms with Gasteiger partial charge in [-0.15, -0.1) is 0 Å². The average Bonchev–Trinajstić information content (AvgIpc) is 2.47. The van der Waals surface area contributed by atoms with Gasteiger partial charge in [-0.3, -0.25) is 4.99 Å². The zero-order valence-corrected chi connectivity index (χ0v) is 10.7. The molecule has 0 radical (unpaired) electrons. The number of para-hydroxylation sites is 1. The molecule has 0 aliphatic heterocycles. The monoisotopic (exact) mass is 263 g/mol. The summed E-state index contributed by atoms with van der Waals surface area (Å²) in [5.74, 6) is 0.372. The molecule has 0 aliphatic carbocycles. The highest BCUT2D eigenvalue weighted by Crippen LogP contribution is 2.28. The zero-order valence-electron chi connectivity index (χ0n) is 10.7. The normalized spacial score (nSPS) is 11.2. The maximum atomic E-state index is 10.0. The van der Waals surface area contributed by atoms with E-state index in [1.807, 2.05) is 30.3 Å². The fraction of sp³-hybridized carbons (Fsp3) is 0. The second kappa shape index (κ2) is 5.05. The maximum absolute atomic E-state index is 10.0. The summed E-state index contributed by atoms with van der Waals surface area (Å²) in [6.07, 6.45) is 1.64. The molecular formula is C17H13NO2. The van der Waals surface area contributed by atoms with Gasteiger partial charge in [-0.05, 0) is 47.2 Å². The molecule has 3 aromatic carbocycles. The van der Waals surface area contributed by atoms with Crippen LogP contribution in [0.4, 0.5) is 5.69 Å². The molecule has 0 aromatic heterocycles. The molecule has 98 valence electrons. The van der Waals surface area contributed by atoms with Crippen molar-refractivity contribution in [3.05, 3.63) is 66.2 Å². The Morgan fingerprint density at radius 2 is 1.65 bits per heavy atom. The maximum Gasteiger partial charge on any atom is 0.124 e. The predicted octanol–water partition coefficient (Wildman–Crippen LogP) is 4.00. The summed E-state index contributed by atoms with van der Waals surface area (Å²) in [5.41, 5.74) is 1.47. The molecule has 0 amide bonds. The van der Waals surface area contributed by atoms with E-state index >= 15 is 0 Å². The first-order valence-corrected chi connectivity index (χ1v) is 6.28. The van der Waals surface area contributed by atoms with Crippen molar-refractivity contribution in [2.45, 2.75) is 0 Å². The van der Waals surface area contributed by atoms with Crippen molar-refractivity contribution < 1.29 is 10.2 Å². The Labute approximate surface area is 116 Å². The van der Waals surface area contributed by atoms with Gasteiger partial charge >= 0.3 is 0 Å². The van der Waals surface area contributed by atoms with E-state index in [9.17, 15) is 10.2 Å². The summed E-state index contributed by atoms with van der Waals surface area (Å²) in [5, 5.41) is 21.2. The molecule has 0 fully saturated rings. The van der Waals surface area contributed by atoms with Crippen LogP contribution in [0.25, 0.3) is 10.8 Å². The lowest BCUT2D eigenvalue weighted by Crippen LogP contribution is -1.86. The minimum Gasteiger partial charge on any atom is -0.508 e. The number of phenolic OH excluding ortho intramolecular Hbond substituents is 2. The quantitative estimate of drug-likeness (QED) is 0.686. The van der Waals surface area contributed by atoms with Gasteiger partial charge in [-0.1, -0.05) is 24.3 Å². The number of rotatable bonds is 2. The van der Waals surface area contributed by atoms with Crippen LogP contribution in [0.15, 0.2) is 65.7 Å². The van der Waals surface area contributed by atoms with E-state index in [0.717, 1.165) is 16.5 Å². The van der Waals surface area contributed by atoms with Gasteiger partial charge in [0, 0.05) is 11.8 Å². The third-order valence-corrected chi connectivity index (χ3v) is 3.12. The van der Waals surface area contributed by atoms with E-state index in [2.05, 4.69) is 4.99 Å². The Kier molecular flexibility index (Phi) is 3.09. The molecule has 0 spiro atoms. The highest BCUT2D eigenvalue weighted by atomic mass is 16.3. The van der Waals surface area contributed by atoms with Crippen LogP contribution in [0.1, 0.15) is 5.56 Å². The lowest BCUT2D eigenvalue weighted by atomic mass is 10.0. The van der Waals surface area contributed by atoms with Gasteiger partial charge in [0.25, 0.3) is 0 Å². The molecule has 0 atom stereocenters. The smallest absolute Gasteiger partial charge is 0.124 e. The Bertz CT molecular complexity index is 780. The van der Waals surface area contributed by atoms with Crippen molar-refractivity contribution in [1.82, 2.24) is 0 Å². The van der Waals surface area contributed by atoms with Gasteiger partial charge in [-0.25, -0.2) is 0 Å². The molecule has 0 saturated carbocycles. The molecule has 20 heavy (non-hydrogen) atoms. The fourth-order valence-corrected chi connectivity index (χ4v) is 2.12. The Morgan fingerprint density at radius 3 is 2.45 bits per heavy atom. The Balaban J connectivity index is 2.11. The lowest BCUT2D eigenvalue weighted by molar-refractivity contribution is 0.473. The Morgan fingerprint density at radius 1 is 0.850 bits per heavy atom. The van der Waals surface area contributed by atoms with Gasteiger partial charge < -0.3 is 10.2 Å². The molecule has 3 aromatic rings. The van der Waals surface area contributed by atoms with Crippen LogP contribution >= 0.6 is 0 Å². The number of aromatic hydroxyl groups is 2. The van der Waals surface area contributed by atoms with Crippen molar-refractivity contribution in [1.29, 1.82) is 0 Å². The summed E-state index contributed by atoms with van der Waals surface area (Å²) in [7, 11) is 0. The highest BCUT2D eigenvalue weighted by molar-refractivity contribution is 6.03. The molecule has 3 heteroatoms. The van der Waals surface area contributed by atoms with Crippen molar-refractivity contribution in [3.8, 4) is 11.5 Å². The van der Waals surface area contributed by atoms with Gasteiger partial charge in [0.05, 0.1) is 5.69 Å². The van der Waals surface area contributed by atoms with Crippen LogP contribution in [0.3, 0.4) is 0 Å². The largest absolute Gasteiger partial charge is 0.508 e. The van der Waals surface area contributed by atoms with Crippen molar-refractivity contribution in [3.63, 3.8) is 0 Å². The first-order valence-electron chi connectivity index (χ1n) is 6.28. The van der Waals surface area contributed by atoms with Crippen LogP contribution < -0.4 is 0 Å². The molecule has 0 saturated heterocycles. The van der Waals surface area contributed by atoms with E-state index in [4.69, 9.17) is 0 Å². The van der Waals surface area contributed by atoms with Crippen LogP contribution in [0.5, 0.6) is 11.5 Å². The second-order valence-corrected chi connectivity index (χ2v) is 4.50. The minimum absolute atomic E-state index is 0.169. The van der Waals surface area contributed by atoms with Crippen molar-refractivity contribution in [2.24, 2.45) is 4.99 Å². The van der Waals surface area contributed by atoms with Crippen LogP contribution in [-0.4, -0.2) is 16.4 Å². The standard InChI is InChI=1S/C17H13NO2/c19-14-7-8-15-12(10-14)6-9-17(20)16(15)11-18-13-4-2-1-3-5-13/h1-11,19-20H/b18-11+. The molecule has 0 bridgehead atoms. The van der Waals surface area contributed by atoms with Gasteiger partial charge in [0.2, 0.25) is 0 Å². The van der Waals surface area contributed by atoms with Crippen LogP contribution in [0.2, 0.25) is 0 Å². The predicted molar refractivity (Wildman–Crippen MR) is 81.0 cm³/mol. The van der Waals surface area contributed by atoms with E-state index in [1.165, 1.54) is 0 Å². The Hall–Kier alpha value is -2.81. The number of hydrogen-bond donors (Lipinski definition) is 2. The lowest BCUT2D eigenvalue weighted by Gasteiger charge is -2.05.